The van der Waals surface area contributed by atoms with Crippen molar-refractivity contribution in [3.63, 3.8) is 0 Å². The van der Waals surface area contributed by atoms with E-state index in [0.717, 1.165) is 55.2 Å². The summed E-state index contributed by atoms with van der Waals surface area (Å²) in [5.41, 5.74) is 3.46. The van der Waals surface area contributed by atoms with Crippen molar-refractivity contribution in [2.75, 3.05) is 32.1 Å². The normalized spacial score (nSPS) is 23.4. The summed E-state index contributed by atoms with van der Waals surface area (Å²) in [6, 6.07) is 12.1. The van der Waals surface area contributed by atoms with Crippen molar-refractivity contribution in [3.05, 3.63) is 82.2 Å². The topological polar surface area (TPSA) is 169 Å². The van der Waals surface area contributed by atoms with Crippen LogP contribution in [-0.2, 0) is 16.6 Å². The molecule has 3 aliphatic rings. The van der Waals surface area contributed by atoms with E-state index in [4.69, 9.17) is 9.84 Å². The molecule has 1 saturated carbocycles. The van der Waals surface area contributed by atoms with Crippen molar-refractivity contribution < 1.29 is 23.5 Å². The van der Waals surface area contributed by atoms with Crippen molar-refractivity contribution in [2.24, 2.45) is 13.0 Å². The fourth-order valence-corrected chi connectivity index (χ4v) is 8.78. The fraction of sp³-hybridized carbons (Fsp3) is 0.425. The van der Waals surface area contributed by atoms with Gasteiger partial charge in [0, 0.05) is 62.5 Å². The number of likely N-dealkylation sites (tertiary alicyclic amines) is 1. The van der Waals surface area contributed by atoms with Crippen LogP contribution < -0.4 is 21.1 Å². The third kappa shape index (κ3) is 6.86. The minimum Gasteiger partial charge on any atom is -0.494 e. The average Bonchev–Trinajstić information content (AvgIpc) is 3.72. The lowest BCUT2D eigenvalue weighted by Crippen LogP contribution is -2.44. The molecule has 0 bridgehead atoms. The zero-order valence-corrected chi connectivity index (χ0v) is 30.7. The third-order valence-corrected chi connectivity index (χ3v) is 11.6. The summed E-state index contributed by atoms with van der Waals surface area (Å²) in [5, 5.41) is 20.1. The second-order valence-electron chi connectivity index (χ2n) is 15.0. The lowest BCUT2D eigenvalue weighted by molar-refractivity contribution is -0.135. The summed E-state index contributed by atoms with van der Waals surface area (Å²) < 4.78 is 26.7. The van der Waals surface area contributed by atoms with Gasteiger partial charge < -0.3 is 15.0 Å². The largest absolute Gasteiger partial charge is 0.494 e. The highest BCUT2D eigenvalue weighted by Crippen LogP contribution is 2.39. The number of nitrogens with zero attached hydrogens (tertiary/aromatic N) is 7. The monoisotopic (exact) mass is 747 g/mol. The molecule has 14 nitrogen and oxygen atoms in total. The number of aryl methyl sites for hydroxylation is 1. The number of para-hydroxylation sites is 1. The van der Waals surface area contributed by atoms with Gasteiger partial charge in [-0.05, 0) is 74.8 Å². The van der Waals surface area contributed by atoms with Crippen LogP contribution in [0.3, 0.4) is 0 Å². The van der Waals surface area contributed by atoms with Crippen molar-refractivity contribution in [2.45, 2.75) is 69.1 Å². The molecule has 0 radical (unpaired) electrons. The first kappa shape index (κ1) is 36.1. The second kappa shape index (κ2) is 14.7. The molecular formula is C40H42FN9O5. The van der Waals surface area contributed by atoms with Gasteiger partial charge in [0.05, 0.1) is 46.5 Å². The Morgan fingerprint density at radius 1 is 1.09 bits per heavy atom. The Morgan fingerprint density at radius 3 is 2.65 bits per heavy atom. The van der Waals surface area contributed by atoms with E-state index in [0.29, 0.717) is 46.9 Å². The molecule has 3 amide bonds. The van der Waals surface area contributed by atoms with Gasteiger partial charge in [-0.1, -0.05) is 12.1 Å². The maximum absolute atomic E-state index is 16.1. The molecule has 15 heteroatoms. The van der Waals surface area contributed by atoms with Gasteiger partial charge in [-0.15, -0.1) is 0 Å². The Balaban J connectivity index is 0.895. The number of fused-ring (bicyclic) bond motifs is 2. The lowest BCUT2D eigenvalue weighted by atomic mass is 9.83. The van der Waals surface area contributed by atoms with Gasteiger partial charge in [0.15, 0.2) is 0 Å². The van der Waals surface area contributed by atoms with E-state index in [1.54, 1.807) is 13.1 Å². The van der Waals surface area contributed by atoms with Gasteiger partial charge in [-0.25, -0.2) is 9.18 Å². The van der Waals surface area contributed by atoms with Crippen LogP contribution in [0, 0.1) is 17.2 Å². The van der Waals surface area contributed by atoms with Crippen LogP contribution in [0.25, 0.3) is 21.9 Å². The quantitative estimate of drug-likeness (QED) is 0.213. The Bertz CT molecular complexity index is 2420. The van der Waals surface area contributed by atoms with E-state index in [2.05, 4.69) is 20.5 Å². The first-order valence-corrected chi connectivity index (χ1v) is 18.7. The van der Waals surface area contributed by atoms with Crippen LogP contribution in [-0.4, -0.2) is 79.4 Å². The molecule has 3 atom stereocenters. The molecule has 3 aromatic heterocycles. The molecule has 0 spiro atoms. The van der Waals surface area contributed by atoms with Crippen LogP contribution in [0.15, 0.2) is 59.8 Å². The van der Waals surface area contributed by atoms with E-state index in [1.807, 2.05) is 41.2 Å². The molecular weight excluding hydrogens is 705 g/mol. The molecule has 2 N–H and O–H groups in total. The molecule has 55 heavy (non-hydrogen) atoms. The predicted octanol–water partition coefficient (Wildman–Crippen LogP) is 4.75. The standard InChI is InChI=1S/C40H42FN9O5/c1-47-37-29(4-3-5-33(37)50(40(47)54)34-10-11-36(51)45-39(34)53)28-12-13-48(22-30(28)41)20-23-6-8-27(9-7-23)49-21-26-15-32(35(55-2)16-31(26)46-49)44-38(52)25-14-24(17-42)18-43-19-25/h3-5,14-16,18-19,21,23,27-28,30,34H,6-13,20,22H2,1-2H3,(H,44,52)(H,45,51,53)/t23?,27?,28-,30+,34?/m1/s1. The first-order chi connectivity index (χ1) is 26.6. The minimum atomic E-state index is -1.12. The number of halogens is 1. The Hall–Kier alpha value is -5.88. The van der Waals surface area contributed by atoms with Crippen LogP contribution in [0.1, 0.15) is 84.4 Å². The summed E-state index contributed by atoms with van der Waals surface area (Å²) in [7, 11) is 3.20. The Morgan fingerprint density at radius 2 is 1.91 bits per heavy atom. The van der Waals surface area contributed by atoms with Gasteiger partial charge >= 0.3 is 5.69 Å². The summed E-state index contributed by atoms with van der Waals surface area (Å²) in [5.74, 6) is -0.706. The molecule has 5 heterocycles. The number of carbonyl (C=O) groups excluding carboxylic acids is 3. The molecule has 284 valence electrons. The number of nitriles is 1. The number of hydrogen-bond donors (Lipinski definition) is 2. The summed E-state index contributed by atoms with van der Waals surface area (Å²) >= 11 is 0. The zero-order valence-electron chi connectivity index (χ0n) is 30.7. The molecule has 2 saturated heterocycles. The number of carbonyl (C=O) groups is 3. The van der Waals surface area contributed by atoms with E-state index in [9.17, 15) is 24.4 Å². The number of amides is 3. The Labute approximate surface area is 315 Å². The molecule has 5 aromatic rings. The smallest absolute Gasteiger partial charge is 0.329 e. The first-order valence-electron chi connectivity index (χ1n) is 18.7. The highest BCUT2D eigenvalue weighted by atomic mass is 19.1. The maximum Gasteiger partial charge on any atom is 0.329 e. The van der Waals surface area contributed by atoms with E-state index < -0.39 is 24.0 Å². The summed E-state index contributed by atoms with van der Waals surface area (Å²) in [4.78, 5) is 57.1. The summed E-state index contributed by atoms with van der Waals surface area (Å²) in [6.45, 7) is 1.88. The van der Waals surface area contributed by atoms with Gasteiger partial charge in [0.1, 0.15) is 24.0 Å². The maximum atomic E-state index is 16.1. The predicted molar refractivity (Wildman–Crippen MR) is 201 cm³/mol. The van der Waals surface area contributed by atoms with Crippen molar-refractivity contribution in [1.82, 2.24) is 34.1 Å². The fourth-order valence-electron chi connectivity index (χ4n) is 8.78. The van der Waals surface area contributed by atoms with Crippen molar-refractivity contribution >= 4 is 45.3 Å². The molecule has 1 aliphatic carbocycles. The minimum absolute atomic E-state index is 0.159. The number of nitrogens with one attached hydrogen (secondary N) is 2. The van der Waals surface area contributed by atoms with Crippen molar-refractivity contribution in [1.29, 1.82) is 5.26 Å². The third-order valence-electron chi connectivity index (χ3n) is 11.6. The number of rotatable bonds is 8. The van der Waals surface area contributed by atoms with E-state index in [1.165, 1.54) is 34.7 Å². The Kier molecular flexibility index (Phi) is 9.68. The molecule has 3 fully saturated rings. The molecule has 2 aliphatic heterocycles. The van der Waals surface area contributed by atoms with Gasteiger partial charge in [-0.2, -0.15) is 10.4 Å². The highest BCUT2D eigenvalue weighted by Gasteiger charge is 2.36. The number of ether oxygens (including phenoxy) is 1. The second-order valence-corrected chi connectivity index (χ2v) is 15.0. The highest BCUT2D eigenvalue weighted by molar-refractivity contribution is 6.06. The number of piperidine rings is 2. The van der Waals surface area contributed by atoms with Crippen LogP contribution in [0.5, 0.6) is 5.75 Å². The SMILES string of the molecule is COc1cc2nn(C3CCC(CN4CC[C@H](c5cccc6c5n(C)c(=O)n6C5CCC(=O)NC5=O)[C@@H](F)C4)CC3)cc2cc1NC(=O)c1cncc(C#N)c1. The molecule has 2 aromatic carbocycles. The van der Waals surface area contributed by atoms with Gasteiger partial charge in [0.2, 0.25) is 11.8 Å². The molecule has 8 rings (SSSR count). The van der Waals surface area contributed by atoms with Crippen molar-refractivity contribution in [3.8, 4) is 11.8 Å². The zero-order chi connectivity index (χ0) is 38.4. The average molecular weight is 748 g/mol. The van der Waals surface area contributed by atoms with Crippen LogP contribution >= 0.6 is 0 Å². The summed E-state index contributed by atoms with van der Waals surface area (Å²) in [6.07, 6.45) is 8.58. The number of imidazole rings is 1. The van der Waals surface area contributed by atoms with E-state index >= 15 is 4.39 Å². The van der Waals surface area contributed by atoms with Crippen LogP contribution in [0.4, 0.5) is 10.1 Å². The number of imide groups is 1. The molecule has 1 unspecified atom stereocenters. The number of methoxy groups -OCH3 is 1. The lowest BCUT2D eigenvalue weighted by Gasteiger charge is -2.38. The number of pyridine rings is 1. The number of anilines is 1. The number of benzene rings is 2. The van der Waals surface area contributed by atoms with Gasteiger partial charge in [0.25, 0.3) is 5.91 Å². The number of aromatic nitrogens is 5. The van der Waals surface area contributed by atoms with E-state index in [-0.39, 0.29) is 42.0 Å². The number of alkyl halides is 1. The van der Waals surface area contributed by atoms with Gasteiger partial charge in [-0.3, -0.25) is 38.5 Å². The van der Waals surface area contributed by atoms with Crippen LogP contribution in [0.2, 0.25) is 0 Å². The number of hydrogen-bond acceptors (Lipinski definition) is 9.